The van der Waals surface area contributed by atoms with E-state index in [0.29, 0.717) is 24.9 Å². The van der Waals surface area contributed by atoms with Crippen LogP contribution in [0.5, 0.6) is 0 Å². The largest absolute Gasteiger partial charge is 0.480 e. The van der Waals surface area contributed by atoms with Crippen molar-refractivity contribution in [3.63, 3.8) is 0 Å². The van der Waals surface area contributed by atoms with Gasteiger partial charge in [0.1, 0.15) is 6.04 Å². The first-order valence-corrected chi connectivity index (χ1v) is 5.45. The van der Waals surface area contributed by atoms with E-state index in [1.54, 1.807) is 30.3 Å². The number of carboxylic acid groups (broad SMARTS) is 2. The number of carboxylic acids is 2. The lowest BCUT2D eigenvalue weighted by Gasteiger charge is -2.02. The van der Waals surface area contributed by atoms with Crippen LogP contribution in [0, 0.1) is 0 Å². The van der Waals surface area contributed by atoms with Gasteiger partial charge in [-0.15, -0.1) is 0 Å². The van der Waals surface area contributed by atoms with Crippen LogP contribution in [0.25, 0.3) is 0 Å². The van der Waals surface area contributed by atoms with Gasteiger partial charge in [0.25, 0.3) is 0 Å². The molecule has 6 nitrogen and oxygen atoms in total. The minimum atomic E-state index is -0.955. The summed E-state index contributed by atoms with van der Waals surface area (Å²) in [6.45, 7) is 0.501. The second-order valence-corrected chi connectivity index (χ2v) is 3.55. The zero-order valence-electron chi connectivity index (χ0n) is 9.95. The van der Waals surface area contributed by atoms with Gasteiger partial charge in [-0.3, -0.25) is 4.79 Å². The lowest BCUT2D eigenvalue weighted by atomic mass is 10.2. The maximum atomic E-state index is 10.2. The first-order chi connectivity index (χ1) is 8.49. The van der Waals surface area contributed by atoms with Gasteiger partial charge < -0.3 is 21.7 Å². The Kier molecular flexibility index (Phi) is 8.17. The minimum absolute atomic E-state index is 0.331. The normalized spacial score (nSPS) is 11.0. The maximum absolute atomic E-state index is 10.2. The summed E-state index contributed by atoms with van der Waals surface area (Å²) in [6, 6.07) is 7.55. The molecule has 1 unspecified atom stereocenters. The average Bonchev–Trinajstić information content (AvgIpc) is 2.37. The summed E-state index contributed by atoms with van der Waals surface area (Å²) in [5, 5.41) is 16.6. The van der Waals surface area contributed by atoms with Gasteiger partial charge in [0.15, 0.2) is 0 Å². The smallest absolute Gasteiger partial charge is 0.335 e. The fourth-order valence-corrected chi connectivity index (χ4v) is 1.04. The Morgan fingerprint density at radius 1 is 1.17 bits per heavy atom. The van der Waals surface area contributed by atoms with Crippen LogP contribution >= 0.6 is 0 Å². The molecule has 0 aromatic heterocycles. The van der Waals surface area contributed by atoms with Gasteiger partial charge in [-0.05, 0) is 31.5 Å². The molecule has 0 saturated heterocycles. The van der Waals surface area contributed by atoms with E-state index in [4.69, 9.17) is 21.7 Å². The molecule has 0 amide bonds. The van der Waals surface area contributed by atoms with Crippen molar-refractivity contribution in [2.75, 3.05) is 6.54 Å². The number of aliphatic carboxylic acids is 1. The third-order valence-corrected chi connectivity index (χ3v) is 2.06. The van der Waals surface area contributed by atoms with Crippen molar-refractivity contribution in [1.82, 2.24) is 0 Å². The van der Waals surface area contributed by atoms with Crippen LogP contribution < -0.4 is 11.5 Å². The highest BCUT2D eigenvalue weighted by Gasteiger charge is 2.08. The number of hydrogen-bond donors (Lipinski definition) is 4. The summed E-state index contributed by atoms with van der Waals surface area (Å²) in [7, 11) is 0. The summed E-state index contributed by atoms with van der Waals surface area (Å²) in [6.07, 6.45) is 1.14. The summed E-state index contributed by atoms with van der Waals surface area (Å²) in [5.41, 5.74) is 10.6. The SMILES string of the molecule is NCCCC(N)C(=O)O.O=C(O)c1ccccc1. The molecule has 1 aromatic carbocycles. The van der Waals surface area contributed by atoms with Crippen LogP contribution in [-0.2, 0) is 4.79 Å². The van der Waals surface area contributed by atoms with Crippen molar-refractivity contribution in [2.45, 2.75) is 18.9 Å². The van der Waals surface area contributed by atoms with E-state index in [9.17, 15) is 9.59 Å². The number of aromatic carboxylic acids is 1. The van der Waals surface area contributed by atoms with Gasteiger partial charge in [-0.25, -0.2) is 4.79 Å². The first-order valence-electron chi connectivity index (χ1n) is 5.45. The highest BCUT2D eigenvalue weighted by Crippen LogP contribution is 1.96. The molecule has 1 atom stereocenters. The number of carbonyl (C=O) groups is 2. The molecule has 1 aromatic rings. The Hall–Kier alpha value is -1.92. The number of benzene rings is 1. The van der Waals surface area contributed by atoms with E-state index in [1.807, 2.05) is 0 Å². The molecule has 0 saturated carbocycles. The minimum Gasteiger partial charge on any atom is -0.480 e. The lowest BCUT2D eigenvalue weighted by molar-refractivity contribution is -0.138. The fourth-order valence-electron chi connectivity index (χ4n) is 1.04. The fraction of sp³-hybridized carbons (Fsp3) is 0.333. The molecule has 0 radical (unpaired) electrons. The standard InChI is InChI=1S/C7H6O2.C5H12N2O2/c8-7(9)6-4-2-1-3-5-6;6-3-1-2-4(7)5(8)9/h1-5H,(H,8,9);4H,1-3,6-7H2,(H,8,9). The molecule has 18 heavy (non-hydrogen) atoms. The third-order valence-electron chi connectivity index (χ3n) is 2.06. The van der Waals surface area contributed by atoms with Crippen LogP contribution in [0.2, 0.25) is 0 Å². The Bertz CT molecular complexity index is 368. The van der Waals surface area contributed by atoms with Gasteiger partial charge in [0.2, 0.25) is 0 Å². The second kappa shape index (κ2) is 9.15. The molecular weight excluding hydrogens is 236 g/mol. The zero-order valence-corrected chi connectivity index (χ0v) is 9.95. The van der Waals surface area contributed by atoms with Crippen LogP contribution in [0.1, 0.15) is 23.2 Å². The molecule has 0 aliphatic rings. The highest BCUT2D eigenvalue weighted by atomic mass is 16.4. The van der Waals surface area contributed by atoms with Crippen LogP contribution in [0.15, 0.2) is 30.3 Å². The first kappa shape index (κ1) is 16.1. The van der Waals surface area contributed by atoms with Crippen molar-refractivity contribution < 1.29 is 19.8 Å². The summed E-state index contributed by atoms with van der Waals surface area (Å²) in [4.78, 5) is 20.2. The van der Waals surface area contributed by atoms with E-state index in [0.717, 1.165) is 0 Å². The van der Waals surface area contributed by atoms with E-state index in [2.05, 4.69) is 0 Å². The van der Waals surface area contributed by atoms with E-state index in [-0.39, 0.29) is 0 Å². The summed E-state index contributed by atoms with van der Waals surface area (Å²) in [5.74, 6) is -1.83. The number of hydrogen-bond acceptors (Lipinski definition) is 4. The van der Waals surface area contributed by atoms with Crippen LogP contribution in [0.4, 0.5) is 0 Å². The molecule has 0 bridgehead atoms. The molecule has 0 aliphatic carbocycles. The lowest BCUT2D eigenvalue weighted by Crippen LogP contribution is -2.30. The van der Waals surface area contributed by atoms with E-state index < -0.39 is 18.0 Å². The van der Waals surface area contributed by atoms with Gasteiger partial charge in [-0.1, -0.05) is 18.2 Å². The molecule has 6 heteroatoms. The van der Waals surface area contributed by atoms with Gasteiger partial charge in [0.05, 0.1) is 5.56 Å². The predicted octanol–water partition coefficient (Wildman–Crippen LogP) is 0.522. The van der Waals surface area contributed by atoms with Crippen molar-refractivity contribution in [1.29, 1.82) is 0 Å². The summed E-state index contributed by atoms with van der Waals surface area (Å²) < 4.78 is 0. The molecule has 0 spiro atoms. The third kappa shape index (κ3) is 7.37. The van der Waals surface area contributed by atoms with Gasteiger partial charge in [0, 0.05) is 0 Å². The molecular formula is C12H18N2O4. The Balaban J connectivity index is 0.000000321. The van der Waals surface area contributed by atoms with Crippen molar-refractivity contribution in [2.24, 2.45) is 11.5 Å². The number of nitrogens with two attached hydrogens (primary N) is 2. The van der Waals surface area contributed by atoms with Gasteiger partial charge >= 0.3 is 11.9 Å². The van der Waals surface area contributed by atoms with Crippen molar-refractivity contribution in [3.8, 4) is 0 Å². The molecule has 100 valence electrons. The van der Waals surface area contributed by atoms with E-state index in [1.165, 1.54) is 0 Å². The molecule has 0 fully saturated rings. The molecule has 0 aliphatic heterocycles. The zero-order chi connectivity index (χ0) is 14.0. The quantitative estimate of drug-likeness (QED) is 0.606. The molecule has 6 N–H and O–H groups in total. The van der Waals surface area contributed by atoms with Crippen LogP contribution in [-0.4, -0.2) is 34.7 Å². The Morgan fingerprint density at radius 2 is 1.72 bits per heavy atom. The monoisotopic (exact) mass is 254 g/mol. The highest BCUT2D eigenvalue weighted by molar-refractivity contribution is 5.87. The Morgan fingerprint density at radius 3 is 2.06 bits per heavy atom. The van der Waals surface area contributed by atoms with Crippen molar-refractivity contribution >= 4 is 11.9 Å². The van der Waals surface area contributed by atoms with Crippen molar-refractivity contribution in [3.05, 3.63) is 35.9 Å². The number of rotatable bonds is 5. The van der Waals surface area contributed by atoms with E-state index >= 15 is 0 Å². The average molecular weight is 254 g/mol. The Labute approximate surface area is 105 Å². The molecule has 1 rings (SSSR count). The maximum Gasteiger partial charge on any atom is 0.335 e. The second-order valence-electron chi connectivity index (χ2n) is 3.55. The van der Waals surface area contributed by atoms with Gasteiger partial charge in [-0.2, -0.15) is 0 Å². The predicted molar refractivity (Wildman–Crippen MR) is 67.3 cm³/mol. The summed E-state index contributed by atoms with van der Waals surface area (Å²) >= 11 is 0. The molecule has 0 heterocycles. The topological polar surface area (TPSA) is 127 Å². The van der Waals surface area contributed by atoms with Crippen LogP contribution in [0.3, 0.4) is 0 Å².